The number of hydrogen-bond acceptors (Lipinski definition) is 4. The fraction of sp³-hybridized carbons (Fsp3) is 0.200. The van der Waals surface area contributed by atoms with Gasteiger partial charge in [0.1, 0.15) is 20.8 Å². The summed E-state index contributed by atoms with van der Waals surface area (Å²) in [6, 6.07) is 9.22. The van der Waals surface area contributed by atoms with Crippen LogP contribution in [-0.2, 0) is 9.53 Å². The van der Waals surface area contributed by atoms with Gasteiger partial charge in [0.15, 0.2) is 0 Å². The highest BCUT2D eigenvalue weighted by atomic mass is 35.5. The monoisotopic (exact) mass is 357 g/mol. The highest BCUT2D eigenvalue weighted by molar-refractivity contribution is 7.21. The molecule has 1 N–H and O–H groups in total. The molecule has 2 aromatic rings. The number of carbonyl (C=O) groups is 2. The number of nitrogens with one attached hydrogen (secondary N) is 1. The minimum Gasteiger partial charge on any atom is -0.462 e. The summed E-state index contributed by atoms with van der Waals surface area (Å²) in [7, 11) is 0. The molecule has 0 aliphatic carbocycles. The number of benzene rings is 1. The molecule has 2 rings (SSSR count). The lowest BCUT2D eigenvalue weighted by Crippen LogP contribution is -2.15. The second kappa shape index (κ2) is 7.63. The Labute approximate surface area is 142 Å². The van der Waals surface area contributed by atoms with Gasteiger partial charge in [-0.15, -0.1) is 22.9 Å². The van der Waals surface area contributed by atoms with Gasteiger partial charge in [-0.1, -0.05) is 41.9 Å². The normalized spacial score (nSPS) is 10.3. The van der Waals surface area contributed by atoms with Crippen molar-refractivity contribution in [1.82, 2.24) is 0 Å². The summed E-state index contributed by atoms with van der Waals surface area (Å²) < 4.78 is 5.49. The fourth-order valence-corrected chi connectivity index (χ4v) is 3.37. The minimum absolute atomic E-state index is 0.210. The van der Waals surface area contributed by atoms with Gasteiger partial charge in [0.2, 0.25) is 5.91 Å². The summed E-state index contributed by atoms with van der Waals surface area (Å²) in [5.41, 5.74) is 1.58. The van der Waals surface area contributed by atoms with E-state index in [1.54, 1.807) is 6.92 Å². The second-order valence-corrected chi connectivity index (χ2v) is 6.11. The first-order chi connectivity index (χ1) is 10.6. The molecule has 7 heteroatoms. The molecule has 0 spiro atoms. The van der Waals surface area contributed by atoms with Gasteiger partial charge in [-0.25, -0.2) is 4.79 Å². The van der Waals surface area contributed by atoms with Crippen molar-refractivity contribution >= 4 is 51.4 Å². The molecule has 0 saturated carbocycles. The molecule has 0 radical (unpaired) electrons. The van der Waals surface area contributed by atoms with Crippen molar-refractivity contribution in [2.45, 2.75) is 6.92 Å². The van der Waals surface area contributed by atoms with Gasteiger partial charge < -0.3 is 10.1 Å². The first-order valence-corrected chi connectivity index (χ1v) is 8.22. The van der Waals surface area contributed by atoms with Crippen molar-refractivity contribution in [3.8, 4) is 11.1 Å². The SMILES string of the molecule is CCOC(=O)c1c(NC(=O)CCl)sc(Cl)c1-c1ccccc1. The number of alkyl halides is 1. The van der Waals surface area contributed by atoms with Crippen LogP contribution in [0.4, 0.5) is 5.00 Å². The summed E-state index contributed by atoms with van der Waals surface area (Å²) in [6.07, 6.45) is 0. The lowest BCUT2D eigenvalue weighted by molar-refractivity contribution is -0.113. The maximum absolute atomic E-state index is 12.3. The van der Waals surface area contributed by atoms with Crippen LogP contribution in [-0.4, -0.2) is 24.4 Å². The molecule has 4 nitrogen and oxygen atoms in total. The average molecular weight is 358 g/mol. The molecule has 1 heterocycles. The van der Waals surface area contributed by atoms with Crippen LogP contribution in [0.1, 0.15) is 17.3 Å². The van der Waals surface area contributed by atoms with Crippen LogP contribution in [0, 0.1) is 0 Å². The lowest BCUT2D eigenvalue weighted by Gasteiger charge is -2.08. The Balaban J connectivity index is 2.57. The fourth-order valence-electron chi connectivity index (χ4n) is 1.91. The van der Waals surface area contributed by atoms with E-state index in [2.05, 4.69) is 5.32 Å². The van der Waals surface area contributed by atoms with Gasteiger partial charge in [0.05, 0.1) is 6.61 Å². The second-order valence-electron chi connectivity index (χ2n) is 4.22. The lowest BCUT2D eigenvalue weighted by atomic mass is 10.0. The van der Waals surface area contributed by atoms with E-state index in [1.807, 2.05) is 30.3 Å². The molecule has 1 amide bonds. The summed E-state index contributed by atoms with van der Waals surface area (Å²) in [5.74, 6) is -1.16. The number of hydrogen-bond donors (Lipinski definition) is 1. The molecule has 0 bridgehead atoms. The zero-order chi connectivity index (χ0) is 16.1. The smallest absolute Gasteiger partial charge is 0.341 e. The Morgan fingerprint density at radius 3 is 2.55 bits per heavy atom. The number of thiophene rings is 1. The summed E-state index contributed by atoms with van der Waals surface area (Å²) in [4.78, 5) is 23.8. The van der Waals surface area contributed by atoms with Gasteiger partial charge in [-0.2, -0.15) is 0 Å². The minimum atomic E-state index is -0.533. The van der Waals surface area contributed by atoms with Crippen molar-refractivity contribution in [2.24, 2.45) is 0 Å². The zero-order valence-electron chi connectivity index (χ0n) is 11.7. The molecule has 0 fully saturated rings. The summed E-state index contributed by atoms with van der Waals surface area (Å²) in [5, 5.41) is 2.93. The predicted molar refractivity (Wildman–Crippen MR) is 90.1 cm³/mol. The van der Waals surface area contributed by atoms with E-state index in [-0.39, 0.29) is 18.1 Å². The molecule has 22 heavy (non-hydrogen) atoms. The van der Waals surface area contributed by atoms with Crippen molar-refractivity contribution in [3.05, 3.63) is 40.2 Å². The molecular formula is C15H13Cl2NO3S. The van der Waals surface area contributed by atoms with Crippen LogP contribution in [0.2, 0.25) is 4.34 Å². The molecular weight excluding hydrogens is 345 g/mol. The maximum atomic E-state index is 12.3. The number of ether oxygens (including phenoxy) is 1. The highest BCUT2D eigenvalue weighted by Crippen LogP contribution is 2.43. The van der Waals surface area contributed by atoms with Gasteiger partial charge in [-0.05, 0) is 12.5 Å². The Hall–Kier alpha value is -1.56. The van der Waals surface area contributed by atoms with Crippen molar-refractivity contribution < 1.29 is 14.3 Å². The average Bonchev–Trinajstić information content (AvgIpc) is 2.84. The largest absolute Gasteiger partial charge is 0.462 e. The maximum Gasteiger partial charge on any atom is 0.341 e. The van der Waals surface area contributed by atoms with Crippen molar-refractivity contribution in [1.29, 1.82) is 0 Å². The summed E-state index contributed by atoms with van der Waals surface area (Å²) in [6.45, 7) is 1.94. The molecule has 0 aliphatic rings. The van der Waals surface area contributed by atoms with Gasteiger partial charge in [0, 0.05) is 5.56 Å². The standard InChI is InChI=1S/C15H13Cl2NO3S/c1-2-21-15(20)12-11(9-6-4-3-5-7-9)13(17)22-14(12)18-10(19)8-16/h3-7H,2,8H2,1H3,(H,18,19). The number of halogens is 2. The number of anilines is 1. The number of rotatable bonds is 5. The van der Waals surface area contributed by atoms with Gasteiger partial charge in [-0.3, -0.25) is 4.79 Å². The third kappa shape index (κ3) is 3.61. The van der Waals surface area contributed by atoms with E-state index >= 15 is 0 Å². The Bertz CT molecular complexity index is 686. The van der Waals surface area contributed by atoms with Gasteiger partial charge >= 0.3 is 5.97 Å². The van der Waals surface area contributed by atoms with E-state index in [0.29, 0.717) is 14.9 Å². The molecule has 116 valence electrons. The van der Waals surface area contributed by atoms with Crippen LogP contribution >= 0.6 is 34.5 Å². The molecule has 0 unspecified atom stereocenters. The van der Waals surface area contributed by atoms with Crippen LogP contribution in [0.15, 0.2) is 30.3 Å². The van der Waals surface area contributed by atoms with E-state index < -0.39 is 11.9 Å². The summed E-state index contributed by atoms with van der Waals surface area (Å²) >= 11 is 12.9. The molecule has 0 saturated heterocycles. The topological polar surface area (TPSA) is 55.4 Å². The third-order valence-corrected chi connectivity index (χ3v) is 4.34. The Morgan fingerprint density at radius 1 is 1.27 bits per heavy atom. The zero-order valence-corrected chi connectivity index (χ0v) is 14.0. The van der Waals surface area contributed by atoms with E-state index in [1.165, 1.54) is 0 Å². The number of carbonyl (C=O) groups excluding carboxylic acids is 2. The quantitative estimate of drug-likeness (QED) is 0.636. The van der Waals surface area contributed by atoms with Crippen LogP contribution in [0.25, 0.3) is 11.1 Å². The third-order valence-electron chi connectivity index (χ3n) is 2.78. The predicted octanol–water partition coefficient (Wildman–Crippen LogP) is 4.42. The van der Waals surface area contributed by atoms with Crippen LogP contribution in [0.3, 0.4) is 0 Å². The highest BCUT2D eigenvalue weighted by Gasteiger charge is 2.26. The van der Waals surface area contributed by atoms with E-state index in [0.717, 1.165) is 16.9 Å². The Kier molecular flexibility index (Phi) is 5.83. The first kappa shape index (κ1) is 16.8. The number of esters is 1. The van der Waals surface area contributed by atoms with Crippen molar-refractivity contribution in [2.75, 3.05) is 17.8 Å². The van der Waals surface area contributed by atoms with Crippen LogP contribution < -0.4 is 5.32 Å². The first-order valence-electron chi connectivity index (χ1n) is 6.49. The van der Waals surface area contributed by atoms with Crippen LogP contribution in [0.5, 0.6) is 0 Å². The van der Waals surface area contributed by atoms with E-state index in [9.17, 15) is 9.59 Å². The van der Waals surface area contributed by atoms with Gasteiger partial charge in [0.25, 0.3) is 0 Å². The Morgan fingerprint density at radius 2 is 1.95 bits per heavy atom. The molecule has 0 aliphatic heterocycles. The van der Waals surface area contributed by atoms with Crippen molar-refractivity contribution in [3.63, 3.8) is 0 Å². The number of amides is 1. The molecule has 0 atom stereocenters. The molecule has 1 aromatic heterocycles. The van der Waals surface area contributed by atoms with E-state index in [4.69, 9.17) is 27.9 Å². The molecule has 1 aromatic carbocycles.